The van der Waals surface area contributed by atoms with E-state index in [4.69, 9.17) is 28.4 Å². The first-order chi connectivity index (χ1) is 35.6. The Balaban J connectivity index is 0.00000482. The van der Waals surface area contributed by atoms with Crippen LogP contribution < -0.4 is 16.0 Å². The van der Waals surface area contributed by atoms with Gasteiger partial charge in [-0.15, -0.1) is 0 Å². The van der Waals surface area contributed by atoms with Crippen molar-refractivity contribution in [3.63, 3.8) is 0 Å². The summed E-state index contributed by atoms with van der Waals surface area (Å²) in [6.45, 7) is 15.9. The minimum Gasteiger partial charge on any atom is -0.458 e. The predicted octanol–water partition coefficient (Wildman–Crippen LogP) is 3.91. The summed E-state index contributed by atoms with van der Waals surface area (Å²) in [6, 6.07) is 7.49. The molecule has 0 spiro atoms. The minimum absolute atomic E-state index is 0.0192. The summed E-state index contributed by atoms with van der Waals surface area (Å²) < 4.78 is 34.1. The number of amides is 7. The number of ether oxygens (including phenoxy) is 6. The summed E-state index contributed by atoms with van der Waals surface area (Å²) in [5.74, 6) is -3.96. The van der Waals surface area contributed by atoms with Crippen molar-refractivity contribution >= 4 is 47.3 Å². The molecule has 2 fully saturated rings. The topological polar surface area (TPSA) is 238 Å². The molecule has 3 aliphatic rings. The van der Waals surface area contributed by atoms with E-state index in [0.717, 1.165) is 36.1 Å². The molecule has 2 aliphatic heterocycles. The van der Waals surface area contributed by atoms with E-state index < -0.39 is 71.1 Å². The Morgan fingerprint density at radius 1 is 0.800 bits per heavy atom. The van der Waals surface area contributed by atoms with E-state index in [0.29, 0.717) is 19.4 Å². The average Bonchev–Trinajstić information content (AvgIpc) is 4.14. The third kappa shape index (κ3) is 21.3. The lowest BCUT2D eigenvalue weighted by molar-refractivity contribution is -0.159. The normalized spacial score (nSPS) is 17.9. The van der Waals surface area contributed by atoms with Crippen LogP contribution in [0.4, 0.5) is 0 Å². The molecule has 6 unspecified atom stereocenters. The Labute approximate surface area is 445 Å². The van der Waals surface area contributed by atoms with Crippen LogP contribution in [0.25, 0.3) is 0 Å². The maximum Gasteiger partial charge on any atom is 0.329 e. The summed E-state index contributed by atoms with van der Waals surface area (Å²) in [4.78, 5) is 109. The van der Waals surface area contributed by atoms with Gasteiger partial charge in [0.2, 0.25) is 29.5 Å². The lowest BCUT2D eigenvalue weighted by atomic mass is 9.89. The maximum atomic E-state index is 14.4. The molecule has 7 amide bonds. The van der Waals surface area contributed by atoms with Crippen LogP contribution in [0.15, 0.2) is 42.5 Å². The van der Waals surface area contributed by atoms with Crippen LogP contribution >= 0.6 is 0 Å². The van der Waals surface area contributed by atoms with Crippen LogP contribution in [0.2, 0.25) is 0 Å². The van der Waals surface area contributed by atoms with Crippen LogP contribution in [0.1, 0.15) is 119 Å². The Morgan fingerprint density at radius 2 is 1.39 bits per heavy atom. The second kappa shape index (κ2) is 32.3. The van der Waals surface area contributed by atoms with E-state index in [1.807, 2.05) is 30.3 Å². The quantitative estimate of drug-likeness (QED) is 0.0563. The molecule has 20 heteroatoms. The lowest BCUT2D eigenvalue weighted by Gasteiger charge is -2.39. The Bertz CT molecular complexity index is 2000. The number of esters is 1. The molecule has 6 atom stereocenters. The number of imide groups is 1. The molecular formula is C55H88N6O14. The second-order valence-electron chi connectivity index (χ2n) is 20.9. The third-order valence-corrected chi connectivity index (χ3v) is 13.2. The first-order valence-electron chi connectivity index (χ1n) is 26.6. The highest BCUT2D eigenvalue weighted by Gasteiger charge is 2.44. The van der Waals surface area contributed by atoms with Gasteiger partial charge in [0.1, 0.15) is 17.2 Å². The molecule has 20 nitrogen and oxygen atoms in total. The van der Waals surface area contributed by atoms with Crippen molar-refractivity contribution in [3.05, 3.63) is 48.0 Å². The molecule has 1 aromatic carbocycles. The Hall–Kier alpha value is -5.28. The van der Waals surface area contributed by atoms with E-state index >= 15 is 0 Å². The van der Waals surface area contributed by atoms with Crippen molar-refractivity contribution in [1.29, 1.82) is 0 Å². The zero-order chi connectivity index (χ0) is 55.7. The van der Waals surface area contributed by atoms with E-state index in [1.54, 1.807) is 44.5 Å². The largest absolute Gasteiger partial charge is 0.458 e. The number of likely N-dealkylation sites (N-methyl/N-ethyl adjacent to an activating group) is 1. The van der Waals surface area contributed by atoms with Gasteiger partial charge in [-0.1, -0.05) is 70.4 Å². The highest BCUT2D eigenvalue weighted by molar-refractivity contribution is 6.12. The predicted molar refractivity (Wildman–Crippen MR) is 281 cm³/mol. The zero-order valence-corrected chi connectivity index (χ0v) is 46.6. The molecule has 75 heavy (non-hydrogen) atoms. The number of hydrogen-bond donors (Lipinski definition) is 3. The first kappa shape index (κ1) is 64.0. The Morgan fingerprint density at radius 3 is 1.96 bits per heavy atom. The number of carbonyl (C=O) groups is 8. The molecule has 422 valence electrons. The fraction of sp³-hybridized carbons (Fsp3) is 0.709. The molecule has 3 N–H and O–H groups in total. The van der Waals surface area contributed by atoms with Gasteiger partial charge in [-0.2, -0.15) is 0 Å². The molecule has 4 rings (SSSR count). The molecule has 0 aromatic heterocycles. The summed E-state index contributed by atoms with van der Waals surface area (Å²) in [7, 11) is 4.70. The lowest BCUT2D eigenvalue weighted by Crippen LogP contribution is -2.57. The highest BCUT2D eigenvalue weighted by atomic mass is 16.6. The molecule has 1 saturated carbocycles. The number of nitrogens with one attached hydrogen (secondary N) is 3. The van der Waals surface area contributed by atoms with Crippen molar-refractivity contribution in [3.8, 4) is 0 Å². The number of rotatable bonds is 30. The van der Waals surface area contributed by atoms with E-state index in [2.05, 4.69) is 29.8 Å². The van der Waals surface area contributed by atoms with Crippen LogP contribution in [0.5, 0.6) is 0 Å². The van der Waals surface area contributed by atoms with Gasteiger partial charge >= 0.3 is 5.97 Å². The fourth-order valence-electron chi connectivity index (χ4n) is 9.46. The maximum absolute atomic E-state index is 14.4. The summed E-state index contributed by atoms with van der Waals surface area (Å²) in [5, 5.41) is 8.30. The standard InChI is InChI=1S/C52H80N6O14.C3H8/c1-35(48(64)54-38(49(65)72-51(2,3)4)32-36-16-11-10-12-17-36)47(68-9)39-20-15-24-57(39)44(62)33-40(67-8)46(37-18-13-14-19-37)56(7)45(63)34-53-50(66)52(5,6)55-41(59)23-26-69-28-30-71-31-29-70-27-25-58-42(60)21-22-43(58)61;1-3-2/h10-12,16-17,21-22,35,37-40,46-47H,13-15,18-20,23-34H2,1-9H3,(H,53,66)(H,54,64)(H,55,59);3H2,1-2H3. The van der Waals surface area contributed by atoms with Gasteiger partial charge in [-0.05, 0) is 71.8 Å². The number of benzene rings is 1. The smallest absolute Gasteiger partial charge is 0.329 e. The third-order valence-electron chi connectivity index (χ3n) is 13.2. The number of hydrogen-bond acceptors (Lipinski definition) is 14. The van der Waals surface area contributed by atoms with Gasteiger partial charge in [-0.3, -0.25) is 38.5 Å². The number of methoxy groups -OCH3 is 2. The molecule has 0 radical (unpaired) electrons. The first-order valence-corrected chi connectivity index (χ1v) is 26.6. The SMILES string of the molecule is CCC.COC(CC(=O)N1CCCC1C(OC)C(C)C(=O)NC(Cc1ccccc1)C(=O)OC(C)(C)C)C(C1CCCC1)N(C)C(=O)CNC(=O)C(C)(C)NC(=O)CCOCCOCCOCCN1C(=O)C=CC1=O. The van der Waals surface area contributed by atoms with Gasteiger partial charge < -0.3 is 54.2 Å². The molecule has 1 saturated heterocycles. The van der Waals surface area contributed by atoms with Crippen LogP contribution in [0, 0.1) is 11.8 Å². The summed E-state index contributed by atoms with van der Waals surface area (Å²) in [6.07, 6.45) is 7.36. The summed E-state index contributed by atoms with van der Waals surface area (Å²) in [5.41, 5.74) is -1.27. The van der Waals surface area contributed by atoms with Crippen LogP contribution in [-0.2, 0) is 73.2 Å². The van der Waals surface area contributed by atoms with Crippen molar-refractivity contribution < 1.29 is 66.8 Å². The second-order valence-corrected chi connectivity index (χ2v) is 20.9. The fourth-order valence-corrected chi connectivity index (χ4v) is 9.46. The molecule has 1 aliphatic carbocycles. The van der Waals surface area contributed by atoms with Gasteiger partial charge in [0.15, 0.2) is 0 Å². The van der Waals surface area contributed by atoms with Crippen LogP contribution in [-0.4, -0.2) is 184 Å². The molecule has 2 heterocycles. The zero-order valence-electron chi connectivity index (χ0n) is 46.6. The molecule has 0 bridgehead atoms. The van der Waals surface area contributed by atoms with E-state index in [-0.39, 0.29) is 102 Å². The minimum atomic E-state index is -1.36. The van der Waals surface area contributed by atoms with Crippen molar-refractivity contribution in [2.75, 3.05) is 80.5 Å². The number of carbonyl (C=O) groups excluding carboxylic acids is 8. The van der Waals surface area contributed by atoms with Gasteiger partial charge in [0.05, 0.1) is 89.4 Å². The van der Waals surface area contributed by atoms with Gasteiger partial charge in [-0.25, -0.2) is 4.79 Å². The average molecular weight is 1060 g/mol. The molecular weight excluding hydrogens is 969 g/mol. The molecule has 1 aromatic rings. The highest BCUT2D eigenvalue weighted by Crippen LogP contribution is 2.35. The number of likely N-dealkylation sites (tertiary alicyclic amines) is 1. The van der Waals surface area contributed by atoms with E-state index in [9.17, 15) is 38.4 Å². The number of nitrogens with zero attached hydrogens (tertiary/aromatic N) is 3. The van der Waals surface area contributed by atoms with Gasteiger partial charge in [0, 0.05) is 52.8 Å². The van der Waals surface area contributed by atoms with Crippen molar-refractivity contribution in [2.45, 2.75) is 161 Å². The van der Waals surface area contributed by atoms with Crippen molar-refractivity contribution in [2.24, 2.45) is 11.8 Å². The van der Waals surface area contributed by atoms with Crippen LogP contribution in [0.3, 0.4) is 0 Å². The monoisotopic (exact) mass is 1060 g/mol. The van der Waals surface area contributed by atoms with Gasteiger partial charge in [0.25, 0.3) is 11.8 Å². The summed E-state index contributed by atoms with van der Waals surface area (Å²) >= 11 is 0. The Kier molecular flexibility index (Phi) is 27.6. The van der Waals surface area contributed by atoms with E-state index in [1.165, 1.54) is 46.6 Å². The van der Waals surface area contributed by atoms with Crippen molar-refractivity contribution in [1.82, 2.24) is 30.7 Å².